The van der Waals surface area contributed by atoms with Gasteiger partial charge in [-0.3, -0.25) is 0 Å². The van der Waals surface area contributed by atoms with E-state index in [0.717, 1.165) is 27.2 Å². The topological polar surface area (TPSA) is 29.5 Å². The van der Waals surface area contributed by atoms with Gasteiger partial charge in [-0.1, -0.05) is 48.0 Å². The maximum Gasteiger partial charge on any atom is 0.143 e. The van der Waals surface area contributed by atoms with Crippen molar-refractivity contribution in [2.45, 2.75) is 10.6 Å². The van der Waals surface area contributed by atoms with Crippen LogP contribution >= 0.6 is 23.4 Å². The van der Waals surface area contributed by atoms with Gasteiger partial charge in [0, 0.05) is 16.0 Å². The Bertz CT molecular complexity index is 800. The molecule has 3 rings (SSSR count). The van der Waals surface area contributed by atoms with Crippen molar-refractivity contribution in [3.8, 4) is 11.5 Å². The molecule has 0 unspecified atom stereocenters. The number of thioether (sulfide) groups is 1. The summed E-state index contributed by atoms with van der Waals surface area (Å²) in [6.45, 7) is 0. The van der Waals surface area contributed by atoms with Crippen molar-refractivity contribution in [1.29, 1.82) is 0 Å². The molecule has 3 aromatic carbocycles. The molecule has 0 aliphatic rings. The fraction of sp³-hybridized carbons (Fsp3) is 0.111. The highest BCUT2D eigenvalue weighted by Crippen LogP contribution is 2.41. The zero-order chi connectivity index (χ0) is 15.5. The number of ether oxygens (including phenoxy) is 1. The third-order valence-electron chi connectivity index (χ3n) is 3.48. The molecular formula is C18H15ClO2S. The Hall–Kier alpha value is -1.84. The van der Waals surface area contributed by atoms with Gasteiger partial charge in [-0.15, -0.1) is 11.8 Å². The molecule has 0 heterocycles. The Labute approximate surface area is 138 Å². The molecule has 0 saturated carbocycles. The first-order chi connectivity index (χ1) is 10.7. The smallest absolute Gasteiger partial charge is 0.143 e. The molecule has 112 valence electrons. The summed E-state index contributed by atoms with van der Waals surface area (Å²) in [5.74, 6) is 1.77. The molecule has 22 heavy (non-hydrogen) atoms. The number of hydrogen-bond acceptors (Lipinski definition) is 3. The molecule has 0 aromatic heterocycles. The Kier molecular flexibility index (Phi) is 4.46. The zero-order valence-corrected chi connectivity index (χ0v) is 13.6. The van der Waals surface area contributed by atoms with E-state index in [0.29, 0.717) is 5.02 Å². The minimum absolute atomic E-state index is 0.150. The normalized spacial score (nSPS) is 10.8. The van der Waals surface area contributed by atoms with E-state index >= 15 is 0 Å². The average molecular weight is 331 g/mol. The Balaban J connectivity index is 1.85. The van der Waals surface area contributed by atoms with E-state index < -0.39 is 0 Å². The summed E-state index contributed by atoms with van der Waals surface area (Å²) < 4.78 is 5.15. The molecule has 2 nitrogen and oxygen atoms in total. The first-order valence-corrected chi connectivity index (χ1v) is 8.21. The van der Waals surface area contributed by atoms with Crippen LogP contribution in [-0.2, 0) is 5.75 Å². The first kappa shape index (κ1) is 15.1. The number of benzene rings is 3. The maximum absolute atomic E-state index is 10.2. The van der Waals surface area contributed by atoms with Gasteiger partial charge in [-0.25, -0.2) is 0 Å². The summed E-state index contributed by atoms with van der Waals surface area (Å²) >= 11 is 7.91. The van der Waals surface area contributed by atoms with Gasteiger partial charge in [0.15, 0.2) is 0 Å². The third-order valence-corrected chi connectivity index (χ3v) is 5.09. The Morgan fingerprint density at radius 3 is 2.55 bits per heavy atom. The molecule has 0 aliphatic carbocycles. The molecule has 0 saturated heterocycles. The Morgan fingerprint density at radius 2 is 1.82 bits per heavy atom. The predicted molar refractivity (Wildman–Crippen MR) is 93.2 cm³/mol. The molecule has 0 amide bonds. The van der Waals surface area contributed by atoms with Crippen LogP contribution < -0.4 is 4.74 Å². The Morgan fingerprint density at radius 1 is 1.09 bits per heavy atom. The van der Waals surface area contributed by atoms with Crippen molar-refractivity contribution in [2.24, 2.45) is 0 Å². The second kappa shape index (κ2) is 6.51. The summed E-state index contributed by atoms with van der Waals surface area (Å²) in [7, 11) is 1.65. The first-order valence-electron chi connectivity index (χ1n) is 6.85. The summed E-state index contributed by atoms with van der Waals surface area (Å²) in [6.07, 6.45) is 0. The highest BCUT2D eigenvalue weighted by Gasteiger charge is 2.11. The van der Waals surface area contributed by atoms with Gasteiger partial charge < -0.3 is 9.84 Å². The van der Waals surface area contributed by atoms with Crippen molar-refractivity contribution in [1.82, 2.24) is 0 Å². The number of aromatic hydroxyl groups is 1. The molecule has 0 aliphatic heterocycles. The molecular weight excluding hydrogens is 316 g/mol. The largest absolute Gasteiger partial charge is 0.506 e. The van der Waals surface area contributed by atoms with Crippen LogP contribution in [0.1, 0.15) is 5.56 Å². The molecule has 4 heteroatoms. The SMILES string of the molecule is COc1ccc(CSc2cc3ccccc3c(O)c2Cl)cc1. The van der Waals surface area contributed by atoms with Crippen molar-refractivity contribution < 1.29 is 9.84 Å². The zero-order valence-electron chi connectivity index (χ0n) is 12.0. The van der Waals surface area contributed by atoms with Gasteiger partial charge in [0.1, 0.15) is 11.5 Å². The van der Waals surface area contributed by atoms with E-state index in [2.05, 4.69) is 0 Å². The van der Waals surface area contributed by atoms with E-state index in [1.54, 1.807) is 18.9 Å². The fourth-order valence-electron chi connectivity index (χ4n) is 2.27. The van der Waals surface area contributed by atoms with Crippen molar-refractivity contribution in [3.05, 3.63) is 65.2 Å². The van der Waals surface area contributed by atoms with Crippen LogP contribution in [0, 0.1) is 0 Å². The predicted octanol–water partition coefficient (Wildman–Crippen LogP) is 5.50. The summed E-state index contributed by atoms with van der Waals surface area (Å²) in [6, 6.07) is 17.6. The number of rotatable bonds is 4. The molecule has 0 atom stereocenters. The molecule has 0 bridgehead atoms. The van der Waals surface area contributed by atoms with Crippen LogP contribution in [0.3, 0.4) is 0 Å². The lowest BCUT2D eigenvalue weighted by molar-refractivity contribution is 0.414. The summed E-state index contributed by atoms with van der Waals surface area (Å²) in [5, 5.41) is 12.4. The monoisotopic (exact) mass is 330 g/mol. The molecule has 3 aromatic rings. The molecule has 0 radical (unpaired) electrons. The number of phenolic OH excluding ortho intramolecular Hbond substituents is 1. The molecule has 0 fully saturated rings. The van der Waals surface area contributed by atoms with E-state index in [1.165, 1.54) is 5.56 Å². The quantitative estimate of drug-likeness (QED) is 0.640. The van der Waals surface area contributed by atoms with Crippen LogP contribution in [-0.4, -0.2) is 12.2 Å². The highest BCUT2D eigenvalue weighted by molar-refractivity contribution is 7.98. The lowest BCUT2D eigenvalue weighted by Gasteiger charge is -2.10. The van der Waals surface area contributed by atoms with Gasteiger partial charge in [0.05, 0.1) is 12.1 Å². The number of fused-ring (bicyclic) bond motifs is 1. The molecule has 1 N–H and O–H groups in total. The minimum atomic E-state index is 0.150. The lowest BCUT2D eigenvalue weighted by atomic mass is 10.1. The maximum atomic E-state index is 10.2. The van der Waals surface area contributed by atoms with Gasteiger partial charge in [0.25, 0.3) is 0 Å². The average Bonchev–Trinajstić information content (AvgIpc) is 2.57. The van der Waals surface area contributed by atoms with Gasteiger partial charge in [-0.2, -0.15) is 0 Å². The van der Waals surface area contributed by atoms with E-state index in [4.69, 9.17) is 16.3 Å². The highest BCUT2D eigenvalue weighted by atomic mass is 35.5. The standard InChI is InChI=1S/C18H15ClO2S/c1-21-14-8-6-12(7-9-14)11-22-16-10-13-4-2-3-5-15(13)18(20)17(16)19/h2-10,20H,11H2,1H3. The summed E-state index contributed by atoms with van der Waals surface area (Å²) in [4.78, 5) is 0.883. The number of hydrogen-bond donors (Lipinski definition) is 1. The number of halogens is 1. The van der Waals surface area contributed by atoms with Crippen molar-refractivity contribution in [2.75, 3.05) is 7.11 Å². The fourth-order valence-corrected chi connectivity index (χ4v) is 3.53. The minimum Gasteiger partial charge on any atom is -0.506 e. The van der Waals surface area contributed by atoms with Crippen molar-refractivity contribution >= 4 is 34.1 Å². The van der Waals surface area contributed by atoms with Gasteiger partial charge in [0.2, 0.25) is 0 Å². The van der Waals surface area contributed by atoms with E-state index in [9.17, 15) is 5.11 Å². The lowest BCUT2D eigenvalue weighted by Crippen LogP contribution is -1.85. The van der Waals surface area contributed by atoms with Crippen LogP contribution in [0.4, 0.5) is 0 Å². The van der Waals surface area contributed by atoms with E-state index in [-0.39, 0.29) is 5.75 Å². The summed E-state index contributed by atoms with van der Waals surface area (Å²) in [5.41, 5.74) is 1.18. The van der Waals surface area contributed by atoms with Crippen molar-refractivity contribution in [3.63, 3.8) is 0 Å². The number of methoxy groups -OCH3 is 1. The second-order valence-electron chi connectivity index (χ2n) is 4.90. The van der Waals surface area contributed by atoms with Gasteiger partial charge in [-0.05, 0) is 29.1 Å². The van der Waals surface area contributed by atoms with E-state index in [1.807, 2.05) is 54.6 Å². The van der Waals surface area contributed by atoms with Crippen LogP contribution in [0.5, 0.6) is 11.5 Å². The molecule has 0 spiro atoms. The number of phenols is 1. The van der Waals surface area contributed by atoms with Gasteiger partial charge >= 0.3 is 0 Å². The van der Waals surface area contributed by atoms with Crippen LogP contribution in [0.15, 0.2) is 59.5 Å². The van der Waals surface area contributed by atoms with Crippen LogP contribution in [0.25, 0.3) is 10.8 Å². The third kappa shape index (κ3) is 3.01. The van der Waals surface area contributed by atoms with Crippen LogP contribution in [0.2, 0.25) is 5.02 Å². The second-order valence-corrected chi connectivity index (χ2v) is 6.29.